The Bertz CT molecular complexity index is 1540. The van der Waals surface area contributed by atoms with Crippen LogP contribution in [0.4, 0.5) is 0 Å². The highest BCUT2D eigenvalue weighted by Crippen LogP contribution is 2.31. The molecule has 34 heavy (non-hydrogen) atoms. The second kappa shape index (κ2) is 8.94. The van der Waals surface area contributed by atoms with Gasteiger partial charge in [-0.05, 0) is 23.8 Å². The summed E-state index contributed by atoms with van der Waals surface area (Å²) in [7, 11) is 3.11. The molecule has 0 bridgehead atoms. The van der Waals surface area contributed by atoms with E-state index in [4.69, 9.17) is 25.6 Å². The van der Waals surface area contributed by atoms with Gasteiger partial charge in [-0.25, -0.2) is 9.67 Å². The van der Waals surface area contributed by atoms with Crippen molar-refractivity contribution in [2.45, 2.75) is 13.1 Å². The lowest BCUT2D eigenvalue weighted by molar-refractivity contribution is 0.369. The maximum Gasteiger partial charge on any atom is 0.283 e. The van der Waals surface area contributed by atoms with E-state index in [1.165, 1.54) is 15.6 Å². The van der Waals surface area contributed by atoms with Crippen LogP contribution in [0.2, 0.25) is 5.02 Å². The molecule has 3 heterocycles. The first-order chi connectivity index (χ1) is 16.6. The Kier molecular flexibility index (Phi) is 5.68. The van der Waals surface area contributed by atoms with Crippen molar-refractivity contribution in [3.05, 3.63) is 75.6 Å². The molecule has 0 spiro atoms. The molecule has 0 fully saturated rings. The minimum Gasteiger partial charge on any atom is -0.497 e. The largest absolute Gasteiger partial charge is 0.497 e. The lowest BCUT2D eigenvalue weighted by Gasteiger charge is -2.07. The molecule has 0 saturated heterocycles. The van der Waals surface area contributed by atoms with Gasteiger partial charge >= 0.3 is 0 Å². The predicted molar refractivity (Wildman–Crippen MR) is 122 cm³/mol. The van der Waals surface area contributed by atoms with Crippen molar-refractivity contribution in [2.75, 3.05) is 14.2 Å². The van der Waals surface area contributed by atoms with E-state index in [0.29, 0.717) is 40.1 Å². The van der Waals surface area contributed by atoms with Gasteiger partial charge in [0.1, 0.15) is 24.4 Å². The SMILES string of the molecule is COc1ccc(-c2noc(Cn3cnc4c(nnn4Cc4ccccc4Cl)c3=O)n2)c(OC)c1. The Morgan fingerprint density at radius 1 is 1.09 bits per heavy atom. The standard InChI is InChI=1S/C22H18ClN7O4/c1-32-14-7-8-15(17(9-14)33-2)20-25-18(34-27-20)11-29-12-24-21-19(22(29)31)26-28-30(21)10-13-5-3-4-6-16(13)23/h3-9,12H,10-11H2,1-2H3. The van der Waals surface area contributed by atoms with Crippen LogP contribution >= 0.6 is 11.6 Å². The Morgan fingerprint density at radius 2 is 1.94 bits per heavy atom. The normalized spacial score (nSPS) is 11.1. The quantitative estimate of drug-likeness (QED) is 0.346. The Hall–Kier alpha value is -4.25. The van der Waals surface area contributed by atoms with Crippen molar-refractivity contribution in [3.63, 3.8) is 0 Å². The number of aromatic nitrogens is 7. The molecule has 12 heteroatoms. The highest BCUT2D eigenvalue weighted by atomic mass is 35.5. The van der Waals surface area contributed by atoms with Gasteiger partial charge in [-0.3, -0.25) is 9.36 Å². The molecule has 0 atom stereocenters. The minimum absolute atomic E-state index is 0.0185. The molecule has 3 aromatic heterocycles. The van der Waals surface area contributed by atoms with Gasteiger partial charge in [-0.15, -0.1) is 5.10 Å². The lowest BCUT2D eigenvalue weighted by Crippen LogP contribution is -2.21. The summed E-state index contributed by atoms with van der Waals surface area (Å²) in [5.74, 6) is 1.71. The third-order valence-electron chi connectivity index (χ3n) is 5.19. The third kappa shape index (κ3) is 3.97. The molecule has 11 nitrogen and oxygen atoms in total. The van der Waals surface area contributed by atoms with Gasteiger partial charge in [0.2, 0.25) is 11.7 Å². The minimum atomic E-state index is -0.378. The van der Waals surface area contributed by atoms with Gasteiger partial charge in [-0.2, -0.15) is 4.98 Å². The number of benzene rings is 2. The van der Waals surface area contributed by atoms with Crippen LogP contribution in [0.3, 0.4) is 0 Å². The average molecular weight is 480 g/mol. The third-order valence-corrected chi connectivity index (χ3v) is 5.56. The van der Waals surface area contributed by atoms with Crippen LogP contribution in [0.1, 0.15) is 11.5 Å². The molecule has 0 unspecified atom stereocenters. The molecule has 0 aliphatic rings. The van der Waals surface area contributed by atoms with Gasteiger partial charge in [-0.1, -0.05) is 40.2 Å². The number of ether oxygens (including phenoxy) is 2. The molecule has 0 saturated carbocycles. The van der Waals surface area contributed by atoms with Crippen molar-refractivity contribution in [2.24, 2.45) is 0 Å². The van der Waals surface area contributed by atoms with E-state index in [9.17, 15) is 4.79 Å². The number of rotatable bonds is 7. The molecule has 0 aliphatic carbocycles. The molecule has 0 aliphatic heterocycles. The number of nitrogens with zero attached hydrogens (tertiary/aromatic N) is 7. The van der Waals surface area contributed by atoms with Crippen LogP contribution in [-0.4, -0.2) is 48.9 Å². The summed E-state index contributed by atoms with van der Waals surface area (Å²) < 4.78 is 18.8. The van der Waals surface area contributed by atoms with Gasteiger partial charge < -0.3 is 14.0 Å². The summed E-state index contributed by atoms with van der Waals surface area (Å²) >= 11 is 6.23. The Labute approximate surface area is 197 Å². The number of fused-ring (bicyclic) bond motifs is 1. The van der Waals surface area contributed by atoms with Crippen molar-refractivity contribution >= 4 is 22.8 Å². The van der Waals surface area contributed by atoms with Crippen LogP contribution in [0.15, 0.2) is 58.1 Å². The van der Waals surface area contributed by atoms with Crippen LogP contribution in [0.25, 0.3) is 22.6 Å². The Morgan fingerprint density at radius 3 is 2.74 bits per heavy atom. The average Bonchev–Trinajstić information content (AvgIpc) is 3.49. The van der Waals surface area contributed by atoms with E-state index in [1.54, 1.807) is 38.5 Å². The van der Waals surface area contributed by atoms with E-state index in [1.807, 2.05) is 18.2 Å². The zero-order chi connectivity index (χ0) is 23.7. The zero-order valence-electron chi connectivity index (χ0n) is 18.2. The fourth-order valence-corrected chi connectivity index (χ4v) is 3.65. The summed E-state index contributed by atoms with van der Waals surface area (Å²) in [6.45, 7) is 0.355. The smallest absolute Gasteiger partial charge is 0.283 e. The zero-order valence-corrected chi connectivity index (χ0v) is 18.9. The van der Waals surface area contributed by atoms with Crippen molar-refractivity contribution in [1.29, 1.82) is 0 Å². The molecule has 0 N–H and O–H groups in total. The van der Waals surface area contributed by atoms with Crippen LogP contribution < -0.4 is 15.0 Å². The van der Waals surface area contributed by atoms with Gasteiger partial charge in [0.15, 0.2) is 11.2 Å². The highest BCUT2D eigenvalue weighted by molar-refractivity contribution is 6.31. The monoisotopic (exact) mass is 479 g/mol. The van der Waals surface area contributed by atoms with Crippen molar-refractivity contribution < 1.29 is 14.0 Å². The predicted octanol–water partition coefficient (Wildman–Crippen LogP) is 2.81. The molecule has 172 valence electrons. The van der Waals surface area contributed by atoms with Gasteiger partial charge in [0.25, 0.3) is 5.56 Å². The summed E-state index contributed by atoms with van der Waals surface area (Å²) in [6, 6.07) is 12.6. The van der Waals surface area contributed by atoms with Crippen LogP contribution in [-0.2, 0) is 13.1 Å². The number of hydrogen-bond donors (Lipinski definition) is 0. The molecule has 0 amide bonds. The first-order valence-electron chi connectivity index (χ1n) is 10.1. The molecule has 2 aromatic carbocycles. The first kappa shape index (κ1) is 21.6. The second-order valence-electron chi connectivity index (χ2n) is 7.27. The van der Waals surface area contributed by atoms with Gasteiger partial charge in [0.05, 0.1) is 26.3 Å². The van der Waals surface area contributed by atoms with E-state index < -0.39 is 0 Å². The number of methoxy groups -OCH3 is 2. The van der Waals surface area contributed by atoms with Crippen molar-refractivity contribution in [3.8, 4) is 22.9 Å². The number of halogens is 1. The summed E-state index contributed by atoms with van der Waals surface area (Å²) in [5.41, 5.74) is 1.58. The topological polar surface area (TPSA) is 123 Å². The van der Waals surface area contributed by atoms with E-state index >= 15 is 0 Å². The molecular formula is C22H18ClN7O4. The lowest BCUT2D eigenvalue weighted by atomic mass is 10.2. The maximum atomic E-state index is 13.0. The Balaban J connectivity index is 1.41. The van der Waals surface area contributed by atoms with Crippen molar-refractivity contribution in [1.82, 2.24) is 34.7 Å². The fraction of sp³-hybridized carbons (Fsp3) is 0.182. The highest BCUT2D eigenvalue weighted by Gasteiger charge is 2.17. The van der Waals surface area contributed by atoms with Crippen LogP contribution in [0.5, 0.6) is 11.5 Å². The van der Waals surface area contributed by atoms with E-state index in [2.05, 4.69) is 25.4 Å². The van der Waals surface area contributed by atoms with Crippen LogP contribution in [0, 0.1) is 0 Å². The van der Waals surface area contributed by atoms with E-state index in [0.717, 1.165) is 5.56 Å². The molecular weight excluding hydrogens is 462 g/mol. The fourth-order valence-electron chi connectivity index (χ4n) is 3.45. The van der Waals surface area contributed by atoms with Gasteiger partial charge in [0, 0.05) is 11.1 Å². The molecule has 5 rings (SSSR count). The summed E-state index contributed by atoms with van der Waals surface area (Å²) in [4.78, 5) is 21.7. The number of hydrogen-bond acceptors (Lipinski definition) is 9. The maximum absolute atomic E-state index is 13.0. The second-order valence-corrected chi connectivity index (χ2v) is 7.67. The molecule has 0 radical (unpaired) electrons. The summed E-state index contributed by atoms with van der Waals surface area (Å²) in [5, 5.41) is 12.7. The summed E-state index contributed by atoms with van der Waals surface area (Å²) in [6.07, 6.45) is 1.40. The first-order valence-corrected chi connectivity index (χ1v) is 10.5. The molecule has 5 aromatic rings. The van der Waals surface area contributed by atoms with E-state index in [-0.39, 0.29) is 23.5 Å².